The molecule has 0 aromatic heterocycles. The van der Waals surface area contributed by atoms with Gasteiger partial charge in [0, 0.05) is 12.1 Å². The summed E-state index contributed by atoms with van der Waals surface area (Å²) < 4.78 is 10.9. The van der Waals surface area contributed by atoms with Gasteiger partial charge < -0.3 is 29.9 Å². The molecule has 2 aliphatic rings. The fourth-order valence-electron chi connectivity index (χ4n) is 3.47. The predicted octanol–water partition coefficient (Wildman–Crippen LogP) is 1.36. The maximum absolute atomic E-state index is 12.7. The lowest BCUT2D eigenvalue weighted by Gasteiger charge is -2.41. The number of aryl methyl sites for hydroxylation is 1. The molecule has 4 N–H and O–H groups in total. The molecular formula is C21H20O9. The van der Waals surface area contributed by atoms with E-state index in [2.05, 4.69) is 0 Å². The van der Waals surface area contributed by atoms with Crippen molar-refractivity contribution in [2.24, 2.45) is 5.92 Å². The topological polar surface area (TPSA) is 151 Å². The Kier molecular flexibility index (Phi) is 5.41. The lowest BCUT2D eigenvalue weighted by Crippen LogP contribution is -2.56. The Bertz CT molecular complexity index is 990. The second kappa shape index (κ2) is 7.68. The molecule has 30 heavy (non-hydrogen) atoms. The molecule has 1 heterocycles. The van der Waals surface area contributed by atoms with Crippen molar-refractivity contribution in [1.82, 2.24) is 0 Å². The van der Waals surface area contributed by atoms with Crippen LogP contribution in [0.15, 0.2) is 47.8 Å². The van der Waals surface area contributed by atoms with Gasteiger partial charge in [-0.05, 0) is 49.3 Å². The van der Waals surface area contributed by atoms with Gasteiger partial charge in [-0.15, -0.1) is 0 Å². The number of phenolic OH excluding ortho intramolecular Hbond substituents is 2. The molecule has 1 aliphatic carbocycles. The van der Waals surface area contributed by atoms with E-state index in [1.54, 1.807) is 0 Å². The van der Waals surface area contributed by atoms with Crippen LogP contribution in [0.25, 0.3) is 0 Å². The number of fused-ring (bicyclic) bond motifs is 1. The highest BCUT2D eigenvalue weighted by Crippen LogP contribution is 2.38. The minimum atomic E-state index is -2.05. The van der Waals surface area contributed by atoms with Crippen molar-refractivity contribution >= 4 is 17.7 Å². The van der Waals surface area contributed by atoms with E-state index < -0.39 is 41.1 Å². The largest absolute Gasteiger partial charge is 0.508 e. The number of aliphatic carboxylic acids is 1. The molecule has 1 aliphatic heterocycles. The first-order valence-corrected chi connectivity index (χ1v) is 8.98. The standard InChI is InChI=1S/C21H20O9/c1-10-5-12(22)8-15(23)18(10)20(27)30-19-14-9-29-13(3-4-17(25)26)6-11(14)7-16(24)21(19,2)28/h3-8,14,19,22-23,28H,9H2,1-2H3,(H,25,26)/b4-3+/t14-,19+,21+/m1/s1. The lowest BCUT2D eigenvalue weighted by molar-refractivity contribution is -0.151. The number of carbonyl (C=O) groups excluding carboxylic acids is 2. The number of carboxylic acid groups (broad SMARTS) is 1. The van der Waals surface area contributed by atoms with Crippen molar-refractivity contribution in [3.05, 3.63) is 58.9 Å². The number of ether oxygens (including phenoxy) is 2. The molecule has 9 nitrogen and oxygen atoms in total. The molecule has 158 valence electrons. The lowest BCUT2D eigenvalue weighted by atomic mass is 9.75. The molecule has 1 aromatic carbocycles. The highest BCUT2D eigenvalue weighted by atomic mass is 16.6. The summed E-state index contributed by atoms with van der Waals surface area (Å²) in [5.41, 5.74) is -1.59. The first-order valence-electron chi connectivity index (χ1n) is 8.98. The van der Waals surface area contributed by atoms with Crippen LogP contribution in [0.3, 0.4) is 0 Å². The van der Waals surface area contributed by atoms with E-state index in [9.17, 15) is 29.7 Å². The van der Waals surface area contributed by atoms with E-state index in [1.807, 2.05) is 0 Å². The molecule has 0 amide bonds. The van der Waals surface area contributed by atoms with E-state index in [1.165, 1.54) is 38.1 Å². The van der Waals surface area contributed by atoms with Gasteiger partial charge >= 0.3 is 11.9 Å². The number of aromatic hydroxyl groups is 2. The van der Waals surface area contributed by atoms with Crippen LogP contribution in [-0.2, 0) is 19.1 Å². The maximum Gasteiger partial charge on any atom is 0.342 e. The minimum absolute atomic E-state index is 0.0798. The highest BCUT2D eigenvalue weighted by molar-refractivity contribution is 6.00. The van der Waals surface area contributed by atoms with Crippen molar-refractivity contribution in [2.75, 3.05) is 6.61 Å². The van der Waals surface area contributed by atoms with Gasteiger partial charge in [0.25, 0.3) is 0 Å². The second-order valence-corrected chi connectivity index (χ2v) is 7.27. The third-order valence-corrected chi connectivity index (χ3v) is 5.01. The fourth-order valence-corrected chi connectivity index (χ4v) is 3.47. The molecule has 0 bridgehead atoms. The highest BCUT2D eigenvalue weighted by Gasteiger charge is 2.51. The molecule has 0 spiro atoms. The molecule has 0 fully saturated rings. The summed E-state index contributed by atoms with van der Waals surface area (Å²) in [5, 5.41) is 39.0. The molecule has 0 unspecified atom stereocenters. The Morgan fingerprint density at radius 3 is 2.60 bits per heavy atom. The number of esters is 1. The zero-order chi connectivity index (χ0) is 22.2. The average Bonchev–Trinajstić information content (AvgIpc) is 2.63. The Hall–Kier alpha value is -3.59. The van der Waals surface area contributed by atoms with Crippen LogP contribution in [-0.4, -0.2) is 56.5 Å². The van der Waals surface area contributed by atoms with Crippen LogP contribution in [0.2, 0.25) is 0 Å². The van der Waals surface area contributed by atoms with Crippen molar-refractivity contribution in [1.29, 1.82) is 0 Å². The predicted molar refractivity (Wildman–Crippen MR) is 102 cm³/mol. The van der Waals surface area contributed by atoms with Crippen molar-refractivity contribution in [3.63, 3.8) is 0 Å². The molecule has 0 saturated carbocycles. The molecule has 0 saturated heterocycles. The minimum Gasteiger partial charge on any atom is -0.508 e. The van der Waals surface area contributed by atoms with Crippen LogP contribution in [0.5, 0.6) is 11.5 Å². The van der Waals surface area contributed by atoms with Crippen molar-refractivity contribution < 1.29 is 44.3 Å². The Morgan fingerprint density at radius 2 is 1.97 bits per heavy atom. The number of hydrogen-bond acceptors (Lipinski definition) is 8. The number of benzene rings is 1. The van der Waals surface area contributed by atoms with Gasteiger partial charge in [-0.3, -0.25) is 4.79 Å². The van der Waals surface area contributed by atoms with Gasteiger partial charge in [0.15, 0.2) is 11.4 Å². The summed E-state index contributed by atoms with van der Waals surface area (Å²) in [5.74, 6) is -4.10. The second-order valence-electron chi connectivity index (χ2n) is 7.27. The zero-order valence-electron chi connectivity index (χ0n) is 16.2. The molecule has 3 atom stereocenters. The number of carboxylic acids is 1. The Morgan fingerprint density at radius 1 is 1.27 bits per heavy atom. The Balaban J connectivity index is 1.94. The van der Waals surface area contributed by atoms with E-state index in [4.69, 9.17) is 14.6 Å². The quantitative estimate of drug-likeness (QED) is 0.421. The SMILES string of the molecule is Cc1cc(O)cc(O)c1C(=O)O[C@H]1[C@@H]2COC(/C=C/C(=O)O)=CC2=CC(=O)[C@]1(C)O. The van der Waals surface area contributed by atoms with Gasteiger partial charge in [0.1, 0.15) is 28.9 Å². The average molecular weight is 416 g/mol. The molecule has 1 aromatic rings. The summed E-state index contributed by atoms with van der Waals surface area (Å²) in [6.45, 7) is 2.62. The number of rotatable bonds is 4. The van der Waals surface area contributed by atoms with E-state index in [0.29, 0.717) is 5.57 Å². The van der Waals surface area contributed by atoms with Gasteiger partial charge in [-0.1, -0.05) is 0 Å². The number of ketones is 1. The first kappa shape index (κ1) is 21.1. The van der Waals surface area contributed by atoms with Gasteiger partial charge in [0.2, 0.25) is 0 Å². The van der Waals surface area contributed by atoms with Crippen LogP contribution in [0.1, 0.15) is 22.8 Å². The molecule has 0 radical (unpaired) electrons. The molecule has 3 rings (SSSR count). The van der Waals surface area contributed by atoms with E-state index in [0.717, 1.165) is 12.1 Å². The van der Waals surface area contributed by atoms with Crippen LogP contribution < -0.4 is 0 Å². The summed E-state index contributed by atoms with van der Waals surface area (Å²) in [7, 11) is 0. The van der Waals surface area contributed by atoms with Gasteiger partial charge in [0.05, 0.1) is 12.5 Å². The third-order valence-electron chi connectivity index (χ3n) is 5.01. The van der Waals surface area contributed by atoms with Gasteiger partial charge in [-0.2, -0.15) is 0 Å². The summed E-state index contributed by atoms with van der Waals surface area (Å²) in [4.78, 5) is 35.9. The first-order chi connectivity index (χ1) is 14.0. The van der Waals surface area contributed by atoms with Crippen LogP contribution in [0, 0.1) is 12.8 Å². The summed E-state index contributed by atoms with van der Waals surface area (Å²) in [6, 6.07) is 2.24. The third kappa shape index (κ3) is 3.92. The van der Waals surface area contributed by atoms with E-state index in [-0.39, 0.29) is 29.2 Å². The monoisotopic (exact) mass is 416 g/mol. The maximum atomic E-state index is 12.7. The zero-order valence-corrected chi connectivity index (χ0v) is 16.2. The number of phenols is 2. The van der Waals surface area contributed by atoms with Crippen LogP contribution in [0.4, 0.5) is 0 Å². The summed E-state index contributed by atoms with van der Waals surface area (Å²) >= 11 is 0. The smallest absolute Gasteiger partial charge is 0.342 e. The number of carbonyl (C=O) groups is 3. The summed E-state index contributed by atoms with van der Waals surface area (Å²) in [6.07, 6.45) is 3.41. The normalized spacial score (nSPS) is 25.8. The van der Waals surface area contributed by atoms with E-state index >= 15 is 0 Å². The number of hydrogen-bond donors (Lipinski definition) is 4. The number of aliphatic hydroxyl groups is 1. The van der Waals surface area contributed by atoms with Gasteiger partial charge in [-0.25, -0.2) is 9.59 Å². The Labute approximate surface area is 171 Å². The van der Waals surface area contributed by atoms with Crippen molar-refractivity contribution in [2.45, 2.75) is 25.6 Å². The molecular weight excluding hydrogens is 396 g/mol. The number of allylic oxidation sites excluding steroid dienone is 2. The molecule has 9 heteroatoms. The fraction of sp³-hybridized carbons (Fsp3) is 0.286. The van der Waals surface area contributed by atoms with Crippen LogP contribution >= 0.6 is 0 Å². The van der Waals surface area contributed by atoms with Crippen molar-refractivity contribution in [3.8, 4) is 11.5 Å².